The first-order chi connectivity index (χ1) is 9.49. The number of nitrogen functional groups attached to an aromatic ring is 1. The van der Waals surface area contributed by atoms with Crippen LogP contribution in [0.5, 0.6) is 0 Å². The Hall–Kier alpha value is -1.78. The molecule has 0 spiro atoms. The summed E-state index contributed by atoms with van der Waals surface area (Å²) in [5.74, 6) is -0.257. The Labute approximate surface area is 124 Å². The molecule has 0 bridgehead atoms. The molecule has 20 heavy (non-hydrogen) atoms. The number of nitrogens with two attached hydrogens (primary N) is 1. The summed E-state index contributed by atoms with van der Waals surface area (Å²) >= 11 is 11.9. The van der Waals surface area contributed by atoms with Crippen LogP contribution in [0.15, 0.2) is 30.3 Å². The van der Waals surface area contributed by atoms with Crippen LogP contribution in [0.1, 0.15) is 5.56 Å². The highest BCUT2D eigenvalue weighted by Gasteiger charge is 2.15. The molecule has 1 aromatic heterocycles. The SMILES string of the molecule is Cc1c(Cl)cccc1-n1c(N)nc2cc(Cl)c(F)cc21. The summed E-state index contributed by atoms with van der Waals surface area (Å²) in [6.45, 7) is 1.87. The van der Waals surface area contributed by atoms with Gasteiger partial charge < -0.3 is 5.73 Å². The Balaban J connectivity index is 2.39. The van der Waals surface area contributed by atoms with E-state index in [0.29, 0.717) is 16.1 Å². The smallest absolute Gasteiger partial charge is 0.205 e. The van der Waals surface area contributed by atoms with Crippen LogP contribution in [0.2, 0.25) is 10.0 Å². The van der Waals surface area contributed by atoms with E-state index in [0.717, 1.165) is 11.3 Å². The lowest BCUT2D eigenvalue weighted by Gasteiger charge is -2.11. The lowest BCUT2D eigenvalue weighted by Crippen LogP contribution is -2.02. The van der Waals surface area contributed by atoms with Gasteiger partial charge in [0.15, 0.2) is 0 Å². The minimum atomic E-state index is -0.514. The molecule has 0 unspecified atom stereocenters. The Morgan fingerprint density at radius 1 is 1.20 bits per heavy atom. The summed E-state index contributed by atoms with van der Waals surface area (Å²) in [7, 11) is 0. The van der Waals surface area contributed by atoms with Crippen molar-refractivity contribution in [1.29, 1.82) is 0 Å². The van der Waals surface area contributed by atoms with Gasteiger partial charge in [-0.3, -0.25) is 4.57 Å². The van der Waals surface area contributed by atoms with Gasteiger partial charge >= 0.3 is 0 Å². The molecule has 0 amide bonds. The van der Waals surface area contributed by atoms with Crippen molar-refractivity contribution < 1.29 is 4.39 Å². The second-order valence-corrected chi connectivity index (χ2v) is 5.26. The molecule has 3 nitrogen and oxygen atoms in total. The fourth-order valence-electron chi connectivity index (χ4n) is 2.18. The summed E-state index contributed by atoms with van der Waals surface area (Å²) in [5, 5.41) is 0.628. The largest absolute Gasteiger partial charge is 0.369 e. The topological polar surface area (TPSA) is 43.8 Å². The molecule has 3 rings (SSSR count). The van der Waals surface area contributed by atoms with Gasteiger partial charge in [0.25, 0.3) is 0 Å². The van der Waals surface area contributed by atoms with Crippen molar-refractivity contribution in [2.45, 2.75) is 6.92 Å². The molecule has 102 valence electrons. The van der Waals surface area contributed by atoms with Gasteiger partial charge in [-0.25, -0.2) is 9.37 Å². The zero-order chi connectivity index (χ0) is 14.4. The number of hydrogen-bond donors (Lipinski definition) is 1. The van der Waals surface area contributed by atoms with E-state index >= 15 is 0 Å². The molecule has 0 saturated carbocycles. The maximum atomic E-state index is 13.7. The van der Waals surface area contributed by atoms with E-state index in [2.05, 4.69) is 4.98 Å². The van der Waals surface area contributed by atoms with Crippen LogP contribution in [0, 0.1) is 12.7 Å². The highest BCUT2D eigenvalue weighted by molar-refractivity contribution is 6.32. The molecule has 0 saturated heterocycles. The number of aromatic nitrogens is 2. The van der Waals surface area contributed by atoms with E-state index in [9.17, 15) is 4.39 Å². The Morgan fingerprint density at radius 3 is 2.70 bits per heavy atom. The summed E-state index contributed by atoms with van der Waals surface area (Å²) in [6, 6.07) is 8.22. The van der Waals surface area contributed by atoms with E-state index < -0.39 is 5.82 Å². The van der Waals surface area contributed by atoms with Gasteiger partial charge in [-0.2, -0.15) is 0 Å². The summed E-state index contributed by atoms with van der Waals surface area (Å²) in [5.41, 5.74) is 8.64. The molecule has 6 heteroatoms. The highest BCUT2D eigenvalue weighted by Crippen LogP contribution is 2.30. The van der Waals surface area contributed by atoms with Crippen LogP contribution in [0.3, 0.4) is 0 Å². The number of hydrogen-bond acceptors (Lipinski definition) is 2. The van der Waals surface area contributed by atoms with Crippen molar-refractivity contribution in [2.75, 3.05) is 5.73 Å². The Bertz CT molecular complexity index is 827. The standard InChI is InChI=1S/C14H10Cl2FN3/c1-7-8(15)3-2-4-12(7)20-13-6-10(17)9(16)5-11(13)19-14(20)18/h2-6H,1H3,(H2,18,19). The van der Waals surface area contributed by atoms with Gasteiger partial charge in [0.1, 0.15) is 5.82 Å². The van der Waals surface area contributed by atoms with Crippen molar-refractivity contribution in [3.63, 3.8) is 0 Å². The van der Waals surface area contributed by atoms with Gasteiger partial charge in [0, 0.05) is 11.1 Å². The molecule has 0 aliphatic carbocycles. The van der Waals surface area contributed by atoms with Crippen LogP contribution in [-0.4, -0.2) is 9.55 Å². The van der Waals surface area contributed by atoms with Crippen molar-refractivity contribution >= 4 is 40.2 Å². The molecular formula is C14H10Cl2FN3. The number of benzene rings is 2. The third kappa shape index (κ3) is 1.92. The second kappa shape index (κ2) is 4.65. The highest BCUT2D eigenvalue weighted by atomic mass is 35.5. The fourth-order valence-corrected chi connectivity index (χ4v) is 2.51. The van der Waals surface area contributed by atoms with Crippen LogP contribution in [0.4, 0.5) is 10.3 Å². The van der Waals surface area contributed by atoms with Crippen LogP contribution < -0.4 is 5.73 Å². The third-order valence-electron chi connectivity index (χ3n) is 3.20. The first-order valence-electron chi connectivity index (χ1n) is 5.87. The van der Waals surface area contributed by atoms with Crippen molar-refractivity contribution in [3.8, 4) is 5.69 Å². The van der Waals surface area contributed by atoms with Gasteiger partial charge in [0.2, 0.25) is 5.95 Å². The monoisotopic (exact) mass is 309 g/mol. The van der Waals surface area contributed by atoms with Gasteiger partial charge in [-0.05, 0) is 30.7 Å². The number of halogens is 3. The minimum Gasteiger partial charge on any atom is -0.369 e. The molecule has 1 heterocycles. The maximum absolute atomic E-state index is 13.7. The molecule has 2 N–H and O–H groups in total. The van der Waals surface area contributed by atoms with E-state index in [4.69, 9.17) is 28.9 Å². The van der Waals surface area contributed by atoms with Gasteiger partial charge in [-0.15, -0.1) is 0 Å². The number of fused-ring (bicyclic) bond motifs is 1. The van der Waals surface area contributed by atoms with Gasteiger partial charge in [-0.1, -0.05) is 29.3 Å². The quantitative estimate of drug-likeness (QED) is 0.725. The molecular weight excluding hydrogens is 300 g/mol. The lowest BCUT2D eigenvalue weighted by atomic mass is 10.2. The summed E-state index contributed by atoms with van der Waals surface area (Å²) in [6.07, 6.45) is 0. The Morgan fingerprint density at radius 2 is 1.95 bits per heavy atom. The number of anilines is 1. The normalized spacial score (nSPS) is 11.2. The molecule has 0 radical (unpaired) electrons. The zero-order valence-corrected chi connectivity index (χ0v) is 12.0. The minimum absolute atomic E-state index is 0.0185. The zero-order valence-electron chi connectivity index (χ0n) is 10.5. The summed E-state index contributed by atoms with van der Waals surface area (Å²) in [4.78, 5) is 4.21. The van der Waals surface area contributed by atoms with Crippen molar-refractivity contribution in [2.24, 2.45) is 0 Å². The van der Waals surface area contributed by atoms with E-state index in [1.54, 1.807) is 10.6 Å². The first-order valence-corrected chi connectivity index (χ1v) is 6.63. The van der Waals surface area contributed by atoms with Crippen molar-refractivity contribution in [1.82, 2.24) is 9.55 Å². The van der Waals surface area contributed by atoms with Crippen LogP contribution in [0.25, 0.3) is 16.7 Å². The second-order valence-electron chi connectivity index (χ2n) is 4.44. The lowest BCUT2D eigenvalue weighted by molar-refractivity contribution is 0.629. The number of nitrogens with zero attached hydrogens (tertiary/aromatic N) is 2. The Kier molecular flexibility index (Phi) is 3.07. The van der Waals surface area contributed by atoms with E-state index in [1.165, 1.54) is 12.1 Å². The number of imidazole rings is 1. The number of rotatable bonds is 1. The van der Waals surface area contributed by atoms with Crippen LogP contribution >= 0.6 is 23.2 Å². The van der Waals surface area contributed by atoms with E-state index in [1.807, 2.05) is 19.1 Å². The predicted octanol–water partition coefficient (Wildman–Crippen LogP) is 4.36. The fraction of sp³-hybridized carbons (Fsp3) is 0.0714. The van der Waals surface area contributed by atoms with E-state index in [-0.39, 0.29) is 11.0 Å². The molecule has 3 aromatic rings. The molecule has 0 fully saturated rings. The predicted molar refractivity (Wildman–Crippen MR) is 80.2 cm³/mol. The molecule has 0 aliphatic heterocycles. The summed E-state index contributed by atoms with van der Waals surface area (Å²) < 4.78 is 15.4. The molecule has 0 atom stereocenters. The van der Waals surface area contributed by atoms with Crippen molar-refractivity contribution in [3.05, 3.63) is 51.8 Å². The van der Waals surface area contributed by atoms with Crippen LogP contribution in [-0.2, 0) is 0 Å². The molecule has 0 aliphatic rings. The average molecular weight is 310 g/mol. The first kappa shape index (κ1) is 13.2. The average Bonchev–Trinajstić information content (AvgIpc) is 2.69. The van der Waals surface area contributed by atoms with Gasteiger partial charge in [0.05, 0.1) is 21.7 Å². The maximum Gasteiger partial charge on any atom is 0.205 e. The third-order valence-corrected chi connectivity index (χ3v) is 3.90. The molecule has 2 aromatic carbocycles.